The maximum absolute atomic E-state index is 12.8. The highest BCUT2D eigenvalue weighted by molar-refractivity contribution is 6.12. The number of esters is 1. The second-order valence-electron chi connectivity index (χ2n) is 7.30. The van der Waals surface area contributed by atoms with E-state index in [0.29, 0.717) is 22.6 Å². The summed E-state index contributed by atoms with van der Waals surface area (Å²) in [6, 6.07) is 21.2. The Balaban J connectivity index is 1.39. The van der Waals surface area contributed by atoms with Crippen molar-refractivity contribution in [2.24, 2.45) is 0 Å². The maximum atomic E-state index is 12.8. The molecule has 0 bridgehead atoms. The van der Waals surface area contributed by atoms with E-state index in [1.807, 2.05) is 43.3 Å². The van der Waals surface area contributed by atoms with Crippen LogP contribution in [0.25, 0.3) is 6.08 Å². The van der Waals surface area contributed by atoms with Crippen LogP contribution in [0.1, 0.15) is 33.2 Å². The van der Waals surface area contributed by atoms with Gasteiger partial charge in [0.25, 0.3) is 0 Å². The van der Waals surface area contributed by atoms with E-state index in [4.69, 9.17) is 14.2 Å². The predicted molar refractivity (Wildman–Crippen MR) is 115 cm³/mol. The Morgan fingerprint density at radius 2 is 1.74 bits per heavy atom. The number of ketones is 1. The van der Waals surface area contributed by atoms with Crippen molar-refractivity contribution in [1.29, 1.82) is 0 Å². The van der Waals surface area contributed by atoms with Crippen molar-refractivity contribution in [3.05, 3.63) is 107 Å². The van der Waals surface area contributed by atoms with E-state index >= 15 is 0 Å². The van der Waals surface area contributed by atoms with E-state index in [2.05, 4.69) is 0 Å². The molecular weight excluding hydrogens is 392 g/mol. The van der Waals surface area contributed by atoms with Crippen LogP contribution in [0.5, 0.6) is 17.2 Å². The van der Waals surface area contributed by atoms with Crippen molar-refractivity contribution >= 4 is 17.8 Å². The highest BCUT2D eigenvalue weighted by atomic mass is 16.5. The summed E-state index contributed by atoms with van der Waals surface area (Å²) in [4.78, 5) is 25.1. The fourth-order valence-corrected chi connectivity index (χ4v) is 3.54. The number of rotatable bonds is 3. The SMILES string of the molecule is C[C@@H]1Oc2ccccc2C=C1/C=C1/Oc2cc(OC(=O)c3ccccc3)ccc2C1=O. The van der Waals surface area contributed by atoms with E-state index in [9.17, 15) is 9.59 Å². The van der Waals surface area contributed by atoms with Gasteiger partial charge in [0.15, 0.2) is 5.76 Å². The zero-order chi connectivity index (χ0) is 21.4. The zero-order valence-corrected chi connectivity index (χ0v) is 16.7. The van der Waals surface area contributed by atoms with Gasteiger partial charge in [-0.05, 0) is 55.0 Å². The summed E-state index contributed by atoms with van der Waals surface area (Å²) in [6.45, 7) is 1.92. The largest absolute Gasteiger partial charge is 0.485 e. The molecule has 0 amide bonds. The van der Waals surface area contributed by atoms with Gasteiger partial charge in [-0.25, -0.2) is 4.79 Å². The van der Waals surface area contributed by atoms with Crippen LogP contribution in [-0.2, 0) is 0 Å². The van der Waals surface area contributed by atoms with Crippen LogP contribution >= 0.6 is 0 Å². The quantitative estimate of drug-likeness (QED) is 0.336. The highest BCUT2D eigenvalue weighted by Crippen LogP contribution is 2.36. The van der Waals surface area contributed by atoms with Crippen LogP contribution in [0, 0.1) is 0 Å². The maximum Gasteiger partial charge on any atom is 0.343 e. The highest BCUT2D eigenvalue weighted by Gasteiger charge is 2.29. The van der Waals surface area contributed by atoms with E-state index < -0.39 is 5.97 Å². The number of allylic oxidation sites excluding steroid dienone is 1. The van der Waals surface area contributed by atoms with E-state index in [1.165, 1.54) is 0 Å². The minimum Gasteiger partial charge on any atom is -0.485 e. The van der Waals surface area contributed by atoms with Gasteiger partial charge in [-0.3, -0.25) is 4.79 Å². The Bertz CT molecular complexity index is 1250. The smallest absolute Gasteiger partial charge is 0.343 e. The van der Waals surface area contributed by atoms with Crippen LogP contribution in [-0.4, -0.2) is 17.9 Å². The molecule has 0 radical (unpaired) electrons. The first-order valence-corrected chi connectivity index (χ1v) is 9.91. The van der Waals surface area contributed by atoms with Gasteiger partial charge in [0, 0.05) is 11.6 Å². The van der Waals surface area contributed by atoms with Crippen molar-refractivity contribution in [2.75, 3.05) is 0 Å². The first kappa shape index (κ1) is 18.9. The lowest BCUT2D eigenvalue weighted by atomic mass is 10.0. The molecule has 0 saturated carbocycles. The number of benzene rings is 3. The Morgan fingerprint density at radius 3 is 2.58 bits per heavy atom. The van der Waals surface area contributed by atoms with Crippen LogP contribution in [0.2, 0.25) is 0 Å². The third-order valence-electron chi connectivity index (χ3n) is 5.17. The summed E-state index contributed by atoms with van der Waals surface area (Å²) in [5.41, 5.74) is 2.66. The third kappa shape index (κ3) is 3.62. The lowest BCUT2D eigenvalue weighted by molar-refractivity contribution is 0.0734. The summed E-state index contributed by atoms with van der Waals surface area (Å²) in [7, 11) is 0. The molecule has 5 rings (SSSR count). The number of ether oxygens (including phenoxy) is 3. The Hall–Kier alpha value is -4.12. The van der Waals surface area contributed by atoms with Gasteiger partial charge in [-0.15, -0.1) is 0 Å². The number of Topliss-reactive ketones (excluding diaryl/α,β-unsaturated/α-hetero) is 1. The van der Waals surface area contributed by atoms with Gasteiger partial charge >= 0.3 is 5.97 Å². The van der Waals surface area contributed by atoms with Gasteiger partial charge in [0.05, 0.1) is 11.1 Å². The number of carbonyl (C=O) groups excluding carboxylic acids is 2. The summed E-state index contributed by atoms with van der Waals surface area (Å²) < 4.78 is 17.2. The summed E-state index contributed by atoms with van der Waals surface area (Å²) in [6.07, 6.45) is 3.48. The second kappa shape index (κ2) is 7.61. The molecule has 0 aliphatic carbocycles. The molecule has 0 fully saturated rings. The molecule has 152 valence electrons. The van der Waals surface area contributed by atoms with Crippen LogP contribution in [0.4, 0.5) is 0 Å². The molecule has 0 aromatic heterocycles. The molecule has 31 heavy (non-hydrogen) atoms. The Morgan fingerprint density at radius 1 is 0.968 bits per heavy atom. The minimum atomic E-state index is -0.474. The molecule has 2 aliphatic rings. The molecule has 5 nitrogen and oxygen atoms in total. The molecule has 1 atom stereocenters. The minimum absolute atomic E-state index is 0.211. The average Bonchev–Trinajstić information content (AvgIpc) is 3.09. The molecule has 3 aromatic rings. The second-order valence-corrected chi connectivity index (χ2v) is 7.30. The van der Waals surface area contributed by atoms with Crippen molar-refractivity contribution < 1.29 is 23.8 Å². The van der Waals surface area contributed by atoms with Gasteiger partial charge < -0.3 is 14.2 Å². The van der Waals surface area contributed by atoms with Crippen molar-refractivity contribution in [1.82, 2.24) is 0 Å². The number of fused-ring (bicyclic) bond motifs is 2. The fourth-order valence-electron chi connectivity index (χ4n) is 3.54. The monoisotopic (exact) mass is 410 g/mol. The molecule has 2 heterocycles. The molecule has 0 spiro atoms. The number of hydrogen-bond donors (Lipinski definition) is 0. The van der Waals surface area contributed by atoms with Gasteiger partial charge in [-0.1, -0.05) is 36.4 Å². The van der Waals surface area contributed by atoms with Crippen molar-refractivity contribution in [2.45, 2.75) is 13.0 Å². The van der Waals surface area contributed by atoms with Gasteiger partial charge in [0.1, 0.15) is 23.4 Å². The van der Waals surface area contributed by atoms with Crippen LogP contribution in [0.3, 0.4) is 0 Å². The lowest BCUT2D eigenvalue weighted by Crippen LogP contribution is -2.18. The zero-order valence-electron chi connectivity index (χ0n) is 16.7. The number of carbonyl (C=O) groups is 2. The van der Waals surface area contributed by atoms with Gasteiger partial charge in [0.2, 0.25) is 5.78 Å². The summed E-state index contributed by atoms with van der Waals surface area (Å²) in [5, 5.41) is 0. The fraction of sp³-hybridized carbons (Fsp3) is 0.0769. The van der Waals surface area contributed by atoms with E-state index in [1.54, 1.807) is 48.5 Å². The predicted octanol–water partition coefficient (Wildman–Crippen LogP) is 5.23. The van der Waals surface area contributed by atoms with Crippen LogP contribution < -0.4 is 14.2 Å². The molecule has 0 saturated heterocycles. The summed E-state index contributed by atoms with van der Waals surface area (Å²) in [5.74, 6) is 0.997. The first-order valence-electron chi connectivity index (χ1n) is 9.91. The Labute approximate surface area is 179 Å². The number of para-hydroxylation sites is 1. The van der Waals surface area contributed by atoms with E-state index in [0.717, 1.165) is 16.9 Å². The molecule has 0 N–H and O–H groups in total. The third-order valence-corrected chi connectivity index (χ3v) is 5.17. The molecule has 0 unspecified atom stereocenters. The number of hydrogen-bond acceptors (Lipinski definition) is 5. The normalized spacial score (nSPS) is 17.8. The van der Waals surface area contributed by atoms with Crippen molar-refractivity contribution in [3.8, 4) is 17.2 Å². The molecule has 3 aromatic carbocycles. The van der Waals surface area contributed by atoms with Gasteiger partial charge in [-0.2, -0.15) is 0 Å². The average molecular weight is 410 g/mol. The Kier molecular flexibility index (Phi) is 4.64. The standard InChI is InChI=1S/C26H18O5/c1-16-19(13-18-9-5-6-10-22(18)29-16)14-24-25(27)21-12-11-20(15-23(21)31-24)30-26(28)17-7-3-2-4-8-17/h2-16H,1H3/b24-14+/t16-/m0/s1. The van der Waals surface area contributed by atoms with E-state index in [-0.39, 0.29) is 17.6 Å². The molecular formula is C26H18O5. The lowest BCUT2D eigenvalue weighted by Gasteiger charge is -2.22. The molecule has 2 aliphatic heterocycles. The molecule has 5 heteroatoms. The van der Waals surface area contributed by atoms with Crippen LogP contribution in [0.15, 0.2) is 90.2 Å². The van der Waals surface area contributed by atoms with Crippen molar-refractivity contribution in [3.63, 3.8) is 0 Å². The first-order chi connectivity index (χ1) is 15.1. The summed E-state index contributed by atoms with van der Waals surface area (Å²) >= 11 is 0. The topological polar surface area (TPSA) is 61.8 Å².